The van der Waals surface area contributed by atoms with Crippen LogP contribution in [0.1, 0.15) is 75.8 Å². The molecule has 0 aliphatic heterocycles. The summed E-state index contributed by atoms with van der Waals surface area (Å²) >= 11 is 0. The van der Waals surface area contributed by atoms with Crippen molar-refractivity contribution in [3.8, 4) is 12.3 Å². The van der Waals surface area contributed by atoms with Crippen molar-refractivity contribution in [3.63, 3.8) is 0 Å². The van der Waals surface area contributed by atoms with E-state index < -0.39 is 0 Å². The van der Waals surface area contributed by atoms with Gasteiger partial charge in [-0.15, -0.1) is 12.3 Å². The second kappa shape index (κ2) is 11.6. The van der Waals surface area contributed by atoms with Crippen LogP contribution < -0.4 is 0 Å². The molecule has 1 aromatic rings. The van der Waals surface area contributed by atoms with Gasteiger partial charge in [0, 0.05) is 6.42 Å². The molecular formula is C20H30. The van der Waals surface area contributed by atoms with E-state index in [2.05, 4.69) is 37.1 Å². The first-order valence-corrected chi connectivity index (χ1v) is 8.38. The molecule has 0 saturated carbocycles. The fourth-order valence-corrected chi connectivity index (χ4v) is 2.54. The average molecular weight is 270 g/mol. The molecule has 0 heterocycles. The first-order valence-electron chi connectivity index (χ1n) is 8.38. The highest BCUT2D eigenvalue weighted by Gasteiger charge is 1.96. The molecule has 0 radical (unpaired) electrons. The van der Waals surface area contributed by atoms with Crippen molar-refractivity contribution >= 4 is 0 Å². The van der Waals surface area contributed by atoms with Gasteiger partial charge in [0.15, 0.2) is 0 Å². The van der Waals surface area contributed by atoms with Gasteiger partial charge in [-0.1, -0.05) is 63.3 Å². The summed E-state index contributed by atoms with van der Waals surface area (Å²) in [5, 5.41) is 0. The molecule has 0 amide bonds. The molecule has 0 aliphatic rings. The van der Waals surface area contributed by atoms with Crippen molar-refractivity contribution in [2.24, 2.45) is 0 Å². The zero-order chi connectivity index (χ0) is 14.5. The van der Waals surface area contributed by atoms with Crippen LogP contribution >= 0.6 is 0 Å². The molecule has 0 fully saturated rings. The minimum absolute atomic E-state index is 0.937. The largest absolute Gasteiger partial charge is 0.120 e. The van der Waals surface area contributed by atoms with Gasteiger partial charge in [-0.3, -0.25) is 0 Å². The maximum absolute atomic E-state index is 5.25. The van der Waals surface area contributed by atoms with Crippen LogP contribution in [0.2, 0.25) is 0 Å². The van der Waals surface area contributed by atoms with Gasteiger partial charge in [0.05, 0.1) is 0 Å². The van der Waals surface area contributed by atoms with Crippen LogP contribution in [0.3, 0.4) is 0 Å². The van der Waals surface area contributed by atoms with Crippen molar-refractivity contribution in [2.45, 2.75) is 77.6 Å². The number of hydrogen-bond acceptors (Lipinski definition) is 0. The van der Waals surface area contributed by atoms with Crippen molar-refractivity contribution in [1.29, 1.82) is 0 Å². The van der Waals surface area contributed by atoms with Crippen LogP contribution in [0.5, 0.6) is 0 Å². The Bertz CT molecular complexity index is 366. The van der Waals surface area contributed by atoms with Gasteiger partial charge in [-0.25, -0.2) is 0 Å². The summed E-state index contributed by atoms with van der Waals surface area (Å²) < 4.78 is 0. The summed E-state index contributed by atoms with van der Waals surface area (Å²) in [5.41, 5.74) is 2.98. The molecular weight excluding hydrogens is 240 g/mol. The van der Waals surface area contributed by atoms with E-state index in [4.69, 9.17) is 6.42 Å². The number of benzene rings is 1. The van der Waals surface area contributed by atoms with Crippen molar-refractivity contribution in [3.05, 3.63) is 35.4 Å². The van der Waals surface area contributed by atoms with Crippen LogP contribution in [0, 0.1) is 12.3 Å². The van der Waals surface area contributed by atoms with Crippen LogP contribution in [-0.4, -0.2) is 0 Å². The molecule has 0 aliphatic carbocycles. The second-order valence-electron chi connectivity index (χ2n) is 5.75. The Labute approximate surface area is 126 Å². The molecule has 20 heavy (non-hydrogen) atoms. The molecule has 0 N–H and O–H groups in total. The number of terminal acetylenes is 1. The summed E-state index contributed by atoms with van der Waals surface area (Å²) in [5.74, 6) is 2.71. The molecule has 0 heteroatoms. The third-order valence-electron chi connectivity index (χ3n) is 3.88. The average Bonchev–Trinajstić information content (AvgIpc) is 2.49. The Balaban J connectivity index is 2.13. The van der Waals surface area contributed by atoms with Crippen LogP contribution in [0.25, 0.3) is 0 Å². The molecule has 0 bridgehead atoms. The smallest absolute Gasteiger partial charge is 0.00860 e. The lowest BCUT2D eigenvalue weighted by molar-refractivity contribution is 0.649. The molecule has 0 nitrogen and oxygen atoms in total. The lowest BCUT2D eigenvalue weighted by atomic mass is 10.0. The fourth-order valence-electron chi connectivity index (χ4n) is 2.54. The zero-order valence-corrected chi connectivity index (χ0v) is 13.2. The highest BCUT2D eigenvalue weighted by molar-refractivity contribution is 5.22. The number of hydrogen-bond donors (Lipinski definition) is 0. The van der Waals surface area contributed by atoms with Gasteiger partial charge in [0.1, 0.15) is 0 Å². The molecule has 0 spiro atoms. The van der Waals surface area contributed by atoms with Crippen LogP contribution in [-0.2, 0) is 12.8 Å². The summed E-state index contributed by atoms with van der Waals surface area (Å²) in [6.07, 6.45) is 19.1. The van der Waals surface area contributed by atoms with Gasteiger partial charge in [-0.2, -0.15) is 0 Å². The molecule has 110 valence electrons. The van der Waals surface area contributed by atoms with E-state index in [1.165, 1.54) is 75.3 Å². The van der Waals surface area contributed by atoms with E-state index in [1.54, 1.807) is 0 Å². The predicted molar refractivity (Wildman–Crippen MR) is 89.9 cm³/mol. The summed E-state index contributed by atoms with van der Waals surface area (Å²) in [6.45, 7) is 2.27. The molecule has 0 atom stereocenters. The zero-order valence-electron chi connectivity index (χ0n) is 13.2. The highest BCUT2D eigenvalue weighted by Crippen LogP contribution is 2.12. The lowest BCUT2D eigenvalue weighted by Crippen LogP contribution is -1.89. The number of rotatable bonds is 11. The SMILES string of the molecule is C#CCCCCCCc1ccc(CCCCCC)cc1. The van der Waals surface area contributed by atoms with Crippen LogP contribution in [0.15, 0.2) is 24.3 Å². The van der Waals surface area contributed by atoms with Gasteiger partial charge < -0.3 is 0 Å². The molecule has 0 saturated heterocycles. The Hall–Kier alpha value is -1.22. The van der Waals surface area contributed by atoms with E-state index in [0.717, 1.165) is 6.42 Å². The summed E-state index contributed by atoms with van der Waals surface area (Å²) in [7, 11) is 0. The topological polar surface area (TPSA) is 0 Å². The molecule has 0 aromatic heterocycles. The minimum atomic E-state index is 0.937. The Morgan fingerprint density at radius 3 is 1.75 bits per heavy atom. The van der Waals surface area contributed by atoms with Gasteiger partial charge in [-0.05, 0) is 43.2 Å². The molecule has 0 unspecified atom stereocenters. The number of aryl methyl sites for hydroxylation is 2. The first kappa shape index (κ1) is 16.8. The monoisotopic (exact) mass is 270 g/mol. The van der Waals surface area contributed by atoms with E-state index in [0.29, 0.717) is 0 Å². The third-order valence-corrected chi connectivity index (χ3v) is 3.88. The summed E-state index contributed by atoms with van der Waals surface area (Å²) in [6, 6.07) is 9.27. The maximum Gasteiger partial charge on any atom is 0.00860 e. The van der Waals surface area contributed by atoms with E-state index in [1.807, 2.05) is 0 Å². The van der Waals surface area contributed by atoms with E-state index in [9.17, 15) is 0 Å². The second-order valence-corrected chi connectivity index (χ2v) is 5.75. The lowest BCUT2D eigenvalue weighted by Gasteiger charge is -2.04. The third kappa shape index (κ3) is 8.05. The standard InChI is InChI=1S/C20H30/c1-3-5-7-9-10-12-14-20-17-15-19(16-18-20)13-11-8-6-4-2/h1,15-18H,4-14H2,2H3. The Morgan fingerprint density at radius 1 is 0.750 bits per heavy atom. The first-order chi connectivity index (χ1) is 9.86. The molecule has 1 rings (SSSR count). The quantitative estimate of drug-likeness (QED) is 0.345. The normalized spacial score (nSPS) is 10.4. The van der Waals surface area contributed by atoms with Gasteiger partial charge >= 0.3 is 0 Å². The fraction of sp³-hybridized carbons (Fsp3) is 0.600. The summed E-state index contributed by atoms with van der Waals surface area (Å²) in [4.78, 5) is 0. The van der Waals surface area contributed by atoms with E-state index >= 15 is 0 Å². The maximum atomic E-state index is 5.25. The number of unbranched alkanes of at least 4 members (excludes halogenated alkanes) is 7. The van der Waals surface area contributed by atoms with Crippen molar-refractivity contribution < 1.29 is 0 Å². The highest BCUT2D eigenvalue weighted by atomic mass is 14.0. The van der Waals surface area contributed by atoms with Gasteiger partial charge in [0.25, 0.3) is 0 Å². The van der Waals surface area contributed by atoms with E-state index in [-0.39, 0.29) is 0 Å². The molecule has 1 aromatic carbocycles. The Morgan fingerprint density at radius 2 is 1.25 bits per heavy atom. The van der Waals surface area contributed by atoms with Crippen molar-refractivity contribution in [2.75, 3.05) is 0 Å². The van der Waals surface area contributed by atoms with Crippen molar-refractivity contribution in [1.82, 2.24) is 0 Å². The van der Waals surface area contributed by atoms with Gasteiger partial charge in [0.2, 0.25) is 0 Å². The predicted octanol–water partition coefficient (Wildman–Crippen LogP) is 5.94. The van der Waals surface area contributed by atoms with Crippen LogP contribution in [0.4, 0.5) is 0 Å². The Kier molecular flexibility index (Phi) is 9.76. The minimum Gasteiger partial charge on any atom is -0.120 e.